The van der Waals surface area contributed by atoms with Crippen LogP contribution in [-0.2, 0) is 22.7 Å². The number of nitrogens with one attached hydrogen (secondary N) is 3. The number of anilines is 1. The number of rotatable bonds is 15. The first-order chi connectivity index (χ1) is 24.0. The summed E-state index contributed by atoms with van der Waals surface area (Å²) in [5, 5.41) is 6.50. The molecule has 2 heterocycles. The van der Waals surface area contributed by atoms with Gasteiger partial charge in [-0.15, -0.1) is 0 Å². The molecule has 0 spiro atoms. The smallest absolute Gasteiger partial charge is 0.253 e. The summed E-state index contributed by atoms with van der Waals surface area (Å²) < 4.78 is 0. The third-order valence-electron chi connectivity index (χ3n) is 9.67. The van der Waals surface area contributed by atoms with Gasteiger partial charge in [-0.1, -0.05) is 31.7 Å². The Morgan fingerprint density at radius 1 is 1.00 bits per heavy atom. The molecule has 2 aromatic carbocycles. The number of piperidine rings is 1. The predicted octanol–water partition coefficient (Wildman–Crippen LogP) is 5.25. The van der Waals surface area contributed by atoms with E-state index in [1.54, 1.807) is 6.92 Å². The number of aromatic nitrogens is 1. The molecule has 10 nitrogen and oxygen atoms in total. The minimum Gasteiger partial charge on any atom is -0.368 e. The molecule has 1 fully saturated rings. The number of hydrogen-bond acceptors (Lipinski definition) is 6. The SMILES string of the molecule is C=CC(=O)N1CCC(N(CC)c2cc(-c3cccc(CNCCN(CCC)C(C)=O)c3)cc(C(=O)NCc3c(C)cc(C)[nH]c3=O)c2C)CC1. The molecule has 50 heavy (non-hydrogen) atoms. The highest BCUT2D eigenvalue weighted by molar-refractivity contribution is 5.99. The van der Waals surface area contributed by atoms with Gasteiger partial charge in [-0.05, 0) is 105 Å². The number of aromatic amines is 1. The maximum atomic E-state index is 14.0. The van der Waals surface area contributed by atoms with E-state index in [0.717, 1.165) is 71.6 Å². The second-order valence-corrected chi connectivity index (χ2v) is 13.2. The Morgan fingerprint density at radius 2 is 1.74 bits per heavy atom. The third-order valence-corrected chi connectivity index (χ3v) is 9.67. The third kappa shape index (κ3) is 9.50. The normalized spacial score (nSPS) is 13.2. The van der Waals surface area contributed by atoms with Crippen molar-refractivity contribution in [1.82, 2.24) is 25.4 Å². The highest BCUT2D eigenvalue weighted by Crippen LogP contribution is 2.34. The first kappa shape index (κ1) is 38.1. The highest BCUT2D eigenvalue weighted by atomic mass is 16.2. The Kier molecular flexibility index (Phi) is 13.6. The number of amides is 3. The Bertz CT molecular complexity index is 1740. The number of carbonyl (C=O) groups is 3. The van der Waals surface area contributed by atoms with Gasteiger partial charge in [0.2, 0.25) is 11.8 Å². The zero-order valence-corrected chi connectivity index (χ0v) is 30.7. The molecule has 0 unspecified atom stereocenters. The molecule has 0 saturated carbocycles. The van der Waals surface area contributed by atoms with Crippen molar-refractivity contribution in [2.75, 3.05) is 44.2 Å². The van der Waals surface area contributed by atoms with Gasteiger partial charge in [0.05, 0.1) is 0 Å². The number of likely N-dealkylation sites (tertiary alicyclic amines) is 1. The quantitative estimate of drug-likeness (QED) is 0.149. The Hall–Kier alpha value is -4.70. The van der Waals surface area contributed by atoms with Crippen molar-refractivity contribution in [3.8, 4) is 11.1 Å². The van der Waals surface area contributed by atoms with E-state index in [2.05, 4.69) is 65.2 Å². The molecule has 1 aromatic heterocycles. The number of nitrogens with zero attached hydrogens (tertiary/aromatic N) is 3. The molecule has 268 valence electrons. The van der Waals surface area contributed by atoms with Crippen LogP contribution in [0.1, 0.15) is 78.3 Å². The highest BCUT2D eigenvalue weighted by Gasteiger charge is 2.28. The molecule has 0 bridgehead atoms. The first-order valence-electron chi connectivity index (χ1n) is 17.8. The monoisotopic (exact) mass is 682 g/mol. The minimum atomic E-state index is -0.243. The van der Waals surface area contributed by atoms with Crippen LogP contribution in [0.2, 0.25) is 0 Å². The first-order valence-corrected chi connectivity index (χ1v) is 17.8. The molecule has 10 heteroatoms. The maximum absolute atomic E-state index is 14.0. The molecule has 3 aromatic rings. The fraction of sp³-hybridized carbons (Fsp3) is 0.450. The standard InChI is InChI=1S/C40H54N6O4/c1-8-17-44(30(7)47)20-16-41-25-31-12-11-13-32(22-31)33-23-35(39(49)42-26-36-27(4)21-28(5)43-40(36)50)29(6)37(24-33)46(10-3)34-14-18-45(19-15-34)38(48)9-2/h9,11-13,21-24,34,41H,2,8,10,14-20,25-26H2,1,3-7H3,(H,42,49)(H,43,50). The van der Waals surface area contributed by atoms with Crippen LogP contribution in [0.3, 0.4) is 0 Å². The summed E-state index contributed by atoms with van der Waals surface area (Å²) in [5.74, 6) is -0.200. The molecule has 1 aliphatic rings. The number of pyridine rings is 1. The van der Waals surface area contributed by atoms with Crippen molar-refractivity contribution in [3.05, 3.63) is 99.0 Å². The van der Waals surface area contributed by atoms with Gasteiger partial charge in [-0.2, -0.15) is 0 Å². The van der Waals surface area contributed by atoms with E-state index in [1.807, 2.05) is 48.8 Å². The van der Waals surface area contributed by atoms with Crippen LogP contribution >= 0.6 is 0 Å². The fourth-order valence-corrected chi connectivity index (χ4v) is 6.92. The van der Waals surface area contributed by atoms with Crippen molar-refractivity contribution >= 4 is 23.4 Å². The number of hydrogen-bond donors (Lipinski definition) is 3. The second-order valence-electron chi connectivity index (χ2n) is 13.2. The summed E-state index contributed by atoms with van der Waals surface area (Å²) in [4.78, 5) is 59.8. The van der Waals surface area contributed by atoms with Crippen LogP contribution in [-0.4, -0.2) is 77.8 Å². The number of carbonyl (C=O) groups excluding carboxylic acids is 3. The van der Waals surface area contributed by atoms with Crippen molar-refractivity contribution in [1.29, 1.82) is 0 Å². The predicted molar refractivity (Wildman–Crippen MR) is 201 cm³/mol. The summed E-state index contributed by atoms with van der Waals surface area (Å²) >= 11 is 0. The van der Waals surface area contributed by atoms with Crippen molar-refractivity contribution < 1.29 is 14.4 Å². The van der Waals surface area contributed by atoms with Gasteiger partial charge in [0.25, 0.3) is 11.5 Å². The van der Waals surface area contributed by atoms with E-state index in [1.165, 1.54) is 6.08 Å². The maximum Gasteiger partial charge on any atom is 0.253 e. The van der Waals surface area contributed by atoms with Crippen LogP contribution in [0, 0.1) is 20.8 Å². The van der Waals surface area contributed by atoms with Gasteiger partial charge in [0.1, 0.15) is 0 Å². The van der Waals surface area contributed by atoms with Crippen LogP contribution in [0.4, 0.5) is 5.69 Å². The molecule has 0 aliphatic carbocycles. The molecule has 1 aliphatic heterocycles. The average molecular weight is 683 g/mol. The molecule has 0 radical (unpaired) electrons. The van der Waals surface area contributed by atoms with Gasteiger partial charge in [-0.25, -0.2) is 0 Å². The van der Waals surface area contributed by atoms with E-state index in [0.29, 0.717) is 43.9 Å². The Labute approximate surface area is 296 Å². The van der Waals surface area contributed by atoms with Crippen molar-refractivity contribution in [2.45, 2.75) is 79.9 Å². The van der Waals surface area contributed by atoms with Gasteiger partial charge < -0.3 is 30.3 Å². The Balaban J connectivity index is 1.64. The summed E-state index contributed by atoms with van der Waals surface area (Å²) in [7, 11) is 0. The van der Waals surface area contributed by atoms with Gasteiger partial charge in [0.15, 0.2) is 0 Å². The number of aryl methyl sites for hydroxylation is 2. The summed E-state index contributed by atoms with van der Waals surface area (Å²) in [6.45, 7) is 20.1. The zero-order chi connectivity index (χ0) is 36.4. The summed E-state index contributed by atoms with van der Waals surface area (Å²) in [6.07, 6.45) is 3.93. The van der Waals surface area contributed by atoms with E-state index < -0.39 is 0 Å². The van der Waals surface area contributed by atoms with Gasteiger partial charge >= 0.3 is 0 Å². The lowest BCUT2D eigenvalue weighted by molar-refractivity contribution is -0.129. The molecule has 3 amide bonds. The topological polar surface area (TPSA) is 118 Å². The van der Waals surface area contributed by atoms with Gasteiger partial charge in [-0.3, -0.25) is 19.2 Å². The van der Waals surface area contributed by atoms with E-state index in [4.69, 9.17) is 0 Å². The lowest BCUT2D eigenvalue weighted by Crippen LogP contribution is -2.46. The molecule has 1 saturated heterocycles. The number of benzene rings is 2. The van der Waals surface area contributed by atoms with Crippen LogP contribution in [0.15, 0.2) is 59.9 Å². The summed E-state index contributed by atoms with van der Waals surface area (Å²) in [5.41, 5.74) is 7.37. The van der Waals surface area contributed by atoms with Crippen LogP contribution in [0.25, 0.3) is 11.1 Å². The molecular weight excluding hydrogens is 628 g/mol. The van der Waals surface area contributed by atoms with Crippen molar-refractivity contribution in [2.24, 2.45) is 0 Å². The second kappa shape index (κ2) is 17.8. The van der Waals surface area contributed by atoms with Gasteiger partial charge in [0, 0.05) is 87.8 Å². The largest absolute Gasteiger partial charge is 0.368 e. The fourth-order valence-electron chi connectivity index (χ4n) is 6.92. The van der Waals surface area contributed by atoms with Crippen LogP contribution < -0.4 is 21.1 Å². The van der Waals surface area contributed by atoms with E-state index in [9.17, 15) is 19.2 Å². The summed E-state index contributed by atoms with van der Waals surface area (Å²) in [6, 6.07) is 14.5. The Morgan fingerprint density at radius 3 is 2.38 bits per heavy atom. The molecule has 3 N–H and O–H groups in total. The molecular formula is C40H54N6O4. The number of H-pyrrole nitrogens is 1. The van der Waals surface area contributed by atoms with Crippen molar-refractivity contribution in [3.63, 3.8) is 0 Å². The molecule has 0 atom stereocenters. The van der Waals surface area contributed by atoms with E-state index >= 15 is 0 Å². The molecule has 4 rings (SSSR count). The lowest BCUT2D eigenvalue weighted by atomic mass is 9.94. The average Bonchev–Trinajstić information content (AvgIpc) is 3.10. The minimum absolute atomic E-state index is 0.0437. The lowest BCUT2D eigenvalue weighted by Gasteiger charge is -2.40. The zero-order valence-electron chi connectivity index (χ0n) is 30.7. The van der Waals surface area contributed by atoms with E-state index in [-0.39, 0.29) is 35.9 Å². The van der Waals surface area contributed by atoms with Crippen LogP contribution in [0.5, 0.6) is 0 Å².